The van der Waals surface area contributed by atoms with E-state index in [9.17, 15) is 0 Å². The first-order chi connectivity index (χ1) is 9.19. The van der Waals surface area contributed by atoms with Crippen LogP contribution in [0.1, 0.15) is 30.0 Å². The molecule has 0 saturated heterocycles. The Kier molecular flexibility index (Phi) is 3.33. The lowest BCUT2D eigenvalue weighted by Crippen LogP contribution is -2.10. The van der Waals surface area contributed by atoms with Crippen molar-refractivity contribution in [1.82, 2.24) is 9.97 Å². The number of ether oxygens (including phenoxy) is 1. The summed E-state index contributed by atoms with van der Waals surface area (Å²) >= 11 is 12.3. The molecule has 1 aromatic heterocycles. The van der Waals surface area contributed by atoms with Gasteiger partial charge in [0.25, 0.3) is 0 Å². The summed E-state index contributed by atoms with van der Waals surface area (Å²) in [6.07, 6.45) is 1.25. The van der Waals surface area contributed by atoms with E-state index >= 15 is 0 Å². The normalized spacial score (nSPS) is 17.1. The first kappa shape index (κ1) is 12.7. The Labute approximate surface area is 121 Å². The van der Waals surface area contributed by atoms with Gasteiger partial charge in [-0.3, -0.25) is 0 Å². The summed E-state index contributed by atoms with van der Waals surface area (Å²) < 4.78 is 5.83. The van der Waals surface area contributed by atoms with Crippen LogP contribution < -0.4 is 4.74 Å². The van der Waals surface area contributed by atoms with Gasteiger partial charge in [-0.15, -0.1) is 0 Å². The van der Waals surface area contributed by atoms with Gasteiger partial charge in [-0.25, -0.2) is 9.97 Å². The minimum Gasteiger partial charge on any atom is -0.482 e. The molecule has 0 aliphatic carbocycles. The highest BCUT2D eigenvalue weighted by molar-refractivity contribution is 6.34. The Morgan fingerprint density at radius 3 is 2.53 bits per heavy atom. The molecule has 2 aromatic rings. The molecule has 1 aromatic carbocycles. The summed E-state index contributed by atoms with van der Waals surface area (Å²) in [7, 11) is 0. The van der Waals surface area contributed by atoms with E-state index in [0.29, 0.717) is 22.6 Å². The van der Waals surface area contributed by atoms with Crippen LogP contribution in [0.3, 0.4) is 0 Å². The first-order valence-electron chi connectivity index (χ1n) is 6.15. The number of aromatic nitrogens is 2. The molecule has 1 atom stereocenters. The standard InChI is InChI=1S/C14H12Cl2N2O/c1-2-9-12(15)17-14(18-13(9)16)11-7-8-5-3-4-6-10(8)19-11/h3-6,11H,2,7H2,1H3. The molecule has 1 aliphatic heterocycles. The minimum atomic E-state index is -0.210. The van der Waals surface area contributed by atoms with Crippen LogP contribution in [-0.4, -0.2) is 9.97 Å². The van der Waals surface area contributed by atoms with Gasteiger partial charge in [0.15, 0.2) is 11.9 Å². The van der Waals surface area contributed by atoms with Crippen molar-refractivity contribution in [3.05, 3.63) is 51.5 Å². The summed E-state index contributed by atoms with van der Waals surface area (Å²) in [6.45, 7) is 1.97. The van der Waals surface area contributed by atoms with Crippen LogP contribution >= 0.6 is 23.2 Å². The summed E-state index contributed by atoms with van der Waals surface area (Å²) in [6, 6.07) is 7.92. The van der Waals surface area contributed by atoms with Crippen LogP contribution in [0.2, 0.25) is 10.3 Å². The summed E-state index contributed by atoms with van der Waals surface area (Å²) in [5.74, 6) is 1.42. The largest absolute Gasteiger partial charge is 0.482 e. The number of benzene rings is 1. The van der Waals surface area contributed by atoms with Gasteiger partial charge in [0.1, 0.15) is 16.1 Å². The monoisotopic (exact) mass is 294 g/mol. The molecule has 5 heteroatoms. The minimum absolute atomic E-state index is 0.210. The second kappa shape index (κ2) is 4.99. The van der Waals surface area contributed by atoms with Gasteiger partial charge < -0.3 is 4.74 Å². The molecule has 0 amide bonds. The Bertz CT molecular complexity index is 583. The molecule has 1 aliphatic rings. The van der Waals surface area contributed by atoms with Crippen molar-refractivity contribution in [3.63, 3.8) is 0 Å². The maximum absolute atomic E-state index is 6.13. The molecule has 98 valence electrons. The second-order valence-corrected chi connectivity index (χ2v) is 5.13. The average molecular weight is 295 g/mol. The van der Waals surface area contributed by atoms with Crippen molar-refractivity contribution in [3.8, 4) is 5.75 Å². The Morgan fingerprint density at radius 1 is 1.21 bits per heavy atom. The van der Waals surface area contributed by atoms with E-state index in [1.807, 2.05) is 31.2 Å². The fourth-order valence-electron chi connectivity index (χ4n) is 2.21. The fraction of sp³-hybridized carbons (Fsp3) is 0.286. The van der Waals surface area contributed by atoms with Crippen LogP contribution in [0.5, 0.6) is 5.75 Å². The molecular formula is C14H12Cl2N2O. The fourth-order valence-corrected chi connectivity index (χ4v) is 2.88. The van der Waals surface area contributed by atoms with Gasteiger partial charge in [0, 0.05) is 12.0 Å². The van der Waals surface area contributed by atoms with Crippen LogP contribution in [-0.2, 0) is 12.8 Å². The zero-order valence-electron chi connectivity index (χ0n) is 10.4. The smallest absolute Gasteiger partial charge is 0.172 e. The molecular weight excluding hydrogens is 283 g/mol. The van der Waals surface area contributed by atoms with E-state index in [1.54, 1.807) is 0 Å². The lowest BCUT2D eigenvalue weighted by molar-refractivity contribution is 0.227. The molecule has 0 fully saturated rings. The van der Waals surface area contributed by atoms with Crippen LogP contribution in [0.15, 0.2) is 24.3 Å². The maximum atomic E-state index is 6.13. The van der Waals surface area contributed by atoms with E-state index < -0.39 is 0 Å². The number of halogens is 2. The van der Waals surface area contributed by atoms with Crippen molar-refractivity contribution in [2.75, 3.05) is 0 Å². The highest BCUT2D eigenvalue weighted by Gasteiger charge is 2.27. The number of rotatable bonds is 2. The van der Waals surface area contributed by atoms with E-state index in [4.69, 9.17) is 27.9 Å². The first-order valence-corrected chi connectivity index (χ1v) is 6.91. The molecule has 1 unspecified atom stereocenters. The van der Waals surface area contributed by atoms with Crippen molar-refractivity contribution in [1.29, 1.82) is 0 Å². The summed E-state index contributed by atoms with van der Waals surface area (Å²) in [5, 5.41) is 0.828. The molecule has 19 heavy (non-hydrogen) atoms. The number of para-hydroxylation sites is 1. The zero-order valence-corrected chi connectivity index (χ0v) is 11.9. The number of hydrogen-bond donors (Lipinski definition) is 0. The lowest BCUT2D eigenvalue weighted by atomic mass is 10.1. The third kappa shape index (κ3) is 2.28. The second-order valence-electron chi connectivity index (χ2n) is 4.41. The van der Waals surface area contributed by atoms with Gasteiger partial charge in [-0.1, -0.05) is 48.3 Å². The zero-order chi connectivity index (χ0) is 13.4. The summed E-state index contributed by atoms with van der Waals surface area (Å²) in [5.41, 5.74) is 1.94. The third-order valence-electron chi connectivity index (χ3n) is 3.21. The van der Waals surface area contributed by atoms with Crippen LogP contribution in [0.4, 0.5) is 0 Å². The van der Waals surface area contributed by atoms with E-state index in [0.717, 1.165) is 23.3 Å². The van der Waals surface area contributed by atoms with E-state index in [1.165, 1.54) is 0 Å². The average Bonchev–Trinajstić information content (AvgIpc) is 2.82. The van der Waals surface area contributed by atoms with Gasteiger partial charge in [-0.05, 0) is 18.1 Å². The van der Waals surface area contributed by atoms with Gasteiger partial charge in [-0.2, -0.15) is 0 Å². The Hall–Kier alpha value is -1.32. The third-order valence-corrected chi connectivity index (χ3v) is 3.84. The number of nitrogens with zero attached hydrogens (tertiary/aromatic N) is 2. The maximum Gasteiger partial charge on any atom is 0.172 e. The molecule has 0 bridgehead atoms. The predicted molar refractivity (Wildman–Crippen MR) is 74.9 cm³/mol. The predicted octanol–water partition coefficient (Wildman–Crippen LogP) is 4.02. The van der Waals surface area contributed by atoms with Gasteiger partial charge in [0.05, 0.1) is 0 Å². The van der Waals surface area contributed by atoms with Crippen molar-refractivity contribution in [2.45, 2.75) is 25.9 Å². The van der Waals surface area contributed by atoms with Crippen LogP contribution in [0, 0.1) is 0 Å². The Morgan fingerprint density at radius 2 is 1.89 bits per heavy atom. The Balaban J connectivity index is 1.94. The molecule has 0 spiro atoms. The van der Waals surface area contributed by atoms with Crippen molar-refractivity contribution in [2.24, 2.45) is 0 Å². The van der Waals surface area contributed by atoms with E-state index in [2.05, 4.69) is 9.97 Å². The quantitative estimate of drug-likeness (QED) is 0.785. The van der Waals surface area contributed by atoms with Gasteiger partial charge >= 0.3 is 0 Å². The van der Waals surface area contributed by atoms with E-state index in [-0.39, 0.29) is 6.10 Å². The summed E-state index contributed by atoms with van der Waals surface area (Å²) in [4.78, 5) is 8.63. The molecule has 2 heterocycles. The van der Waals surface area contributed by atoms with Crippen molar-refractivity contribution >= 4 is 23.2 Å². The number of fused-ring (bicyclic) bond motifs is 1. The highest BCUT2D eigenvalue weighted by Crippen LogP contribution is 2.36. The highest BCUT2D eigenvalue weighted by atomic mass is 35.5. The van der Waals surface area contributed by atoms with Crippen LogP contribution in [0.25, 0.3) is 0 Å². The van der Waals surface area contributed by atoms with Gasteiger partial charge in [0.2, 0.25) is 0 Å². The number of hydrogen-bond acceptors (Lipinski definition) is 3. The molecule has 3 rings (SSSR count). The molecule has 0 N–H and O–H groups in total. The molecule has 3 nitrogen and oxygen atoms in total. The molecule has 0 saturated carbocycles. The lowest BCUT2D eigenvalue weighted by Gasteiger charge is -2.11. The topological polar surface area (TPSA) is 35.0 Å². The van der Waals surface area contributed by atoms with Crippen molar-refractivity contribution < 1.29 is 4.74 Å². The molecule has 0 radical (unpaired) electrons. The SMILES string of the molecule is CCc1c(Cl)nc(C2Cc3ccccc3O2)nc1Cl.